The molecule has 9 heteroatoms. The van der Waals surface area contributed by atoms with Crippen LogP contribution in [0.5, 0.6) is 0 Å². The number of benzene rings is 2. The minimum atomic E-state index is -1.17. The highest BCUT2D eigenvalue weighted by molar-refractivity contribution is 5.94. The third-order valence-corrected chi connectivity index (χ3v) is 5.87. The van der Waals surface area contributed by atoms with Gasteiger partial charge in [0.15, 0.2) is 23.3 Å². The number of hydrogen-bond donors (Lipinski definition) is 0. The molecule has 0 bridgehead atoms. The number of rotatable bonds is 3. The van der Waals surface area contributed by atoms with Crippen molar-refractivity contribution in [3.8, 4) is 0 Å². The molecule has 0 aliphatic carbocycles. The van der Waals surface area contributed by atoms with Gasteiger partial charge in [-0.05, 0) is 36.2 Å². The van der Waals surface area contributed by atoms with Crippen LogP contribution >= 0.6 is 0 Å². The summed E-state index contributed by atoms with van der Waals surface area (Å²) in [5.41, 5.74) is -0.603. The van der Waals surface area contributed by atoms with Crippen LogP contribution in [0.15, 0.2) is 30.3 Å². The Balaban J connectivity index is 1.41. The lowest BCUT2D eigenvalue weighted by molar-refractivity contribution is 0.00299. The van der Waals surface area contributed by atoms with Crippen LogP contribution in [0.3, 0.4) is 0 Å². The highest BCUT2D eigenvalue weighted by atomic mass is 19.2. The summed E-state index contributed by atoms with van der Waals surface area (Å²) in [6.45, 7) is 2.13. The molecule has 2 aliphatic rings. The van der Waals surface area contributed by atoms with E-state index < -0.39 is 40.9 Å². The molecule has 5 nitrogen and oxygen atoms in total. The molecule has 2 aliphatic heterocycles. The molecule has 0 saturated carbocycles. The summed E-state index contributed by atoms with van der Waals surface area (Å²) in [4.78, 5) is 27.8. The van der Waals surface area contributed by atoms with E-state index in [1.54, 1.807) is 0 Å². The molecule has 1 spiro atoms. The van der Waals surface area contributed by atoms with E-state index in [4.69, 9.17) is 4.74 Å². The number of carbonyl (C=O) groups excluding carboxylic acids is 2. The fourth-order valence-corrected chi connectivity index (χ4v) is 4.03. The number of ether oxygens (including phenoxy) is 1. The Labute approximate surface area is 176 Å². The summed E-state index contributed by atoms with van der Waals surface area (Å²) in [5, 5.41) is 0. The van der Waals surface area contributed by atoms with Crippen molar-refractivity contribution in [3.63, 3.8) is 0 Å². The fraction of sp³-hybridized carbons (Fsp3) is 0.364. The maximum Gasteiger partial charge on any atom is 0.410 e. The third-order valence-electron chi connectivity index (χ3n) is 5.87. The Bertz CT molecular complexity index is 1050. The Morgan fingerprint density at radius 3 is 2.42 bits per heavy atom. The van der Waals surface area contributed by atoms with Gasteiger partial charge >= 0.3 is 6.09 Å². The predicted octanol–water partition coefficient (Wildman–Crippen LogP) is 4.18. The molecule has 2 fully saturated rings. The summed E-state index contributed by atoms with van der Waals surface area (Å²) in [6.07, 6.45) is 0.0832. The molecule has 2 aromatic carbocycles. The number of piperidine rings is 1. The van der Waals surface area contributed by atoms with E-state index in [9.17, 15) is 27.2 Å². The quantitative estimate of drug-likeness (QED) is 0.679. The van der Waals surface area contributed by atoms with Gasteiger partial charge in [-0.2, -0.15) is 0 Å². The number of carbonyl (C=O) groups is 2. The first-order valence-corrected chi connectivity index (χ1v) is 9.85. The summed E-state index contributed by atoms with van der Waals surface area (Å²) in [6, 6.07) is 6.04. The molecule has 2 aromatic rings. The van der Waals surface area contributed by atoms with Crippen LogP contribution in [0.1, 0.15) is 34.3 Å². The molecule has 2 saturated heterocycles. The lowest BCUT2D eigenvalue weighted by Gasteiger charge is -2.37. The molecule has 4 rings (SSSR count). The van der Waals surface area contributed by atoms with E-state index in [1.807, 2.05) is 0 Å². The smallest absolute Gasteiger partial charge is 0.410 e. The van der Waals surface area contributed by atoms with E-state index in [-0.39, 0.29) is 37.3 Å². The largest absolute Gasteiger partial charge is 0.441 e. The second-order valence-corrected chi connectivity index (χ2v) is 8.01. The zero-order valence-electron chi connectivity index (χ0n) is 16.8. The first kappa shape index (κ1) is 21.1. The maximum absolute atomic E-state index is 14.2. The third kappa shape index (κ3) is 3.96. The van der Waals surface area contributed by atoms with E-state index in [0.717, 1.165) is 12.1 Å². The second kappa shape index (κ2) is 7.86. The van der Waals surface area contributed by atoms with Crippen molar-refractivity contribution in [2.45, 2.75) is 31.9 Å². The van der Waals surface area contributed by atoms with Crippen LogP contribution < -0.4 is 0 Å². The van der Waals surface area contributed by atoms with E-state index in [0.29, 0.717) is 18.4 Å². The SMILES string of the molecule is Cc1ccc(C(=O)N2CCC3(CC2)CN(Cc2ccc(F)c(F)c2)C(=O)O3)c(F)c1F. The van der Waals surface area contributed by atoms with E-state index >= 15 is 0 Å². The number of nitrogens with zero attached hydrogens (tertiary/aromatic N) is 2. The van der Waals surface area contributed by atoms with Gasteiger partial charge in [-0.15, -0.1) is 0 Å². The highest BCUT2D eigenvalue weighted by Crippen LogP contribution is 2.34. The molecule has 0 radical (unpaired) electrons. The van der Waals surface area contributed by atoms with Gasteiger partial charge in [0.05, 0.1) is 12.1 Å². The van der Waals surface area contributed by atoms with Crippen molar-refractivity contribution in [3.05, 3.63) is 70.3 Å². The Kier molecular flexibility index (Phi) is 5.36. The predicted molar refractivity (Wildman–Crippen MR) is 102 cm³/mol. The first-order valence-electron chi connectivity index (χ1n) is 9.85. The number of likely N-dealkylation sites (tertiary alicyclic amines) is 1. The Hall–Kier alpha value is -3.10. The minimum absolute atomic E-state index is 0.0638. The fourth-order valence-electron chi connectivity index (χ4n) is 4.03. The van der Waals surface area contributed by atoms with E-state index in [1.165, 1.54) is 34.9 Å². The monoisotopic (exact) mass is 436 g/mol. The van der Waals surface area contributed by atoms with Gasteiger partial charge in [0, 0.05) is 32.5 Å². The van der Waals surface area contributed by atoms with Gasteiger partial charge in [-0.1, -0.05) is 12.1 Å². The van der Waals surface area contributed by atoms with Gasteiger partial charge in [0.25, 0.3) is 5.91 Å². The maximum atomic E-state index is 14.2. The summed E-state index contributed by atoms with van der Waals surface area (Å²) >= 11 is 0. The molecular formula is C22H20F4N2O3. The minimum Gasteiger partial charge on any atom is -0.441 e. The lowest BCUT2D eigenvalue weighted by atomic mass is 9.91. The molecular weight excluding hydrogens is 416 g/mol. The average molecular weight is 436 g/mol. The van der Waals surface area contributed by atoms with Crippen LogP contribution in [0.25, 0.3) is 0 Å². The standard InChI is InChI=1S/C22H20F4N2O3/c1-13-2-4-15(19(26)18(13)25)20(29)27-8-6-22(7-9-27)12-28(21(30)31-22)11-14-3-5-16(23)17(24)10-14/h2-5,10H,6-9,11-12H2,1H3. The molecule has 0 atom stereocenters. The summed E-state index contributed by atoms with van der Waals surface area (Å²) < 4.78 is 60.1. The zero-order chi connectivity index (χ0) is 22.3. The number of amides is 2. The lowest BCUT2D eigenvalue weighted by Crippen LogP contribution is -2.48. The number of halogens is 4. The molecule has 164 valence electrons. The molecule has 0 aromatic heterocycles. The average Bonchev–Trinajstić information content (AvgIpc) is 3.03. The van der Waals surface area contributed by atoms with E-state index in [2.05, 4.69) is 0 Å². The number of hydrogen-bond acceptors (Lipinski definition) is 3. The van der Waals surface area contributed by atoms with Gasteiger partial charge in [0.1, 0.15) is 5.60 Å². The van der Waals surface area contributed by atoms with Crippen LogP contribution in [0, 0.1) is 30.2 Å². The summed E-state index contributed by atoms with van der Waals surface area (Å²) in [7, 11) is 0. The van der Waals surface area contributed by atoms with Crippen molar-refractivity contribution in [2.24, 2.45) is 0 Å². The molecule has 0 N–H and O–H groups in total. The Morgan fingerprint density at radius 2 is 1.74 bits per heavy atom. The zero-order valence-corrected chi connectivity index (χ0v) is 16.8. The van der Waals surface area contributed by atoms with Crippen molar-refractivity contribution in [1.29, 1.82) is 0 Å². The molecule has 2 amide bonds. The van der Waals surface area contributed by atoms with Crippen molar-refractivity contribution in [1.82, 2.24) is 9.80 Å². The second-order valence-electron chi connectivity index (χ2n) is 8.01. The van der Waals surface area contributed by atoms with Crippen molar-refractivity contribution in [2.75, 3.05) is 19.6 Å². The van der Waals surface area contributed by atoms with Crippen LogP contribution in [-0.2, 0) is 11.3 Å². The van der Waals surface area contributed by atoms with Crippen molar-refractivity contribution < 1.29 is 31.9 Å². The topological polar surface area (TPSA) is 49.9 Å². The van der Waals surface area contributed by atoms with Gasteiger partial charge < -0.3 is 9.64 Å². The molecule has 0 unspecified atom stereocenters. The van der Waals surface area contributed by atoms with Crippen LogP contribution in [-0.4, -0.2) is 47.0 Å². The highest BCUT2D eigenvalue weighted by Gasteiger charge is 2.47. The summed E-state index contributed by atoms with van der Waals surface area (Å²) in [5.74, 6) is -4.79. The number of aryl methyl sites for hydroxylation is 1. The Morgan fingerprint density at radius 1 is 1.03 bits per heavy atom. The van der Waals surface area contributed by atoms with Gasteiger partial charge in [-0.25, -0.2) is 22.4 Å². The normalized spacial score (nSPS) is 17.9. The van der Waals surface area contributed by atoms with Crippen molar-refractivity contribution >= 4 is 12.0 Å². The van der Waals surface area contributed by atoms with Gasteiger partial charge in [-0.3, -0.25) is 9.69 Å². The molecule has 31 heavy (non-hydrogen) atoms. The van der Waals surface area contributed by atoms with Crippen LogP contribution in [0.4, 0.5) is 22.4 Å². The van der Waals surface area contributed by atoms with Gasteiger partial charge in [0.2, 0.25) is 0 Å². The first-order chi connectivity index (χ1) is 14.7. The molecule has 2 heterocycles. The van der Waals surface area contributed by atoms with Crippen LogP contribution in [0.2, 0.25) is 0 Å².